The number of hydrogen-bond donors (Lipinski definition) is 4. The lowest BCUT2D eigenvalue weighted by atomic mass is 10.3. The first-order chi connectivity index (χ1) is 13.3. The highest BCUT2D eigenvalue weighted by Gasteiger charge is 2.16. The van der Waals surface area contributed by atoms with Gasteiger partial charge in [-0.05, 0) is 48.9 Å². The second kappa shape index (κ2) is 15.7. The van der Waals surface area contributed by atoms with Gasteiger partial charge in [-0.25, -0.2) is 14.0 Å². The quantitative estimate of drug-likeness (QED) is 0.137. The largest absolute Gasteiger partial charge is 0.364 e. The van der Waals surface area contributed by atoms with Crippen LogP contribution in [0.3, 0.4) is 0 Å². The van der Waals surface area contributed by atoms with E-state index in [4.69, 9.17) is 5.73 Å². The molecule has 1 aromatic heterocycles. The van der Waals surface area contributed by atoms with Crippen LogP contribution in [0.1, 0.15) is 12.6 Å². The summed E-state index contributed by atoms with van der Waals surface area (Å²) in [4.78, 5) is 4.12. The first-order valence-corrected chi connectivity index (χ1v) is 12.1. The lowest BCUT2D eigenvalue weighted by Crippen LogP contribution is -2.23. The molecule has 0 bridgehead atoms. The molecule has 0 unspecified atom stereocenters. The molecular weight excluding hydrogens is 570 g/mol. The van der Waals surface area contributed by atoms with Gasteiger partial charge >= 0.3 is 0 Å². The molecule has 1 heterocycles. The third-order valence-electron chi connectivity index (χ3n) is 2.40. The summed E-state index contributed by atoms with van der Waals surface area (Å²) in [6, 6.07) is 4.14. The van der Waals surface area contributed by atoms with E-state index in [2.05, 4.69) is 70.7 Å². The maximum atomic E-state index is 13.2. The van der Waals surface area contributed by atoms with Crippen LogP contribution in [0.4, 0.5) is 15.9 Å². The summed E-state index contributed by atoms with van der Waals surface area (Å²) in [6.45, 7) is 2.94. The maximum Gasteiger partial charge on any atom is 0.202 e. The number of anilines is 1. The molecule has 28 heavy (non-hydrogen) atoms. The number of nitrogens with two attached hydrogens (primary N) is 1. The van der Waals surface area contributed by atoms with Crippen LogP contribution in [0.5, 0.6) is 0 Å². The Morgan fingerprint density at radius 2 is 2.07 bits per heavy atom. The van der Waals surface area contributed by atoms with Crippen LogP contribution in [-0.2, 0) is 10.8 Å². The number of aromatic nitrogens is 2. The van der Waals surface area contributed by atoms with E-state index in [-0.39, 0.29) is 21.8 Å². The predicted molar refractivity (Wildman–Crippen MR) is 122 cm³/mol. The van der Waals surface area contributed by atoms with Crippen molar-refractivity contribution in [2.75, 3.05) is 35.3 Å². The molecule has 0 aliphatic heterocycles. The lowest BCUT2D eigenvalue weighted by Gasteiger charge is -2.04. The first-order valence-electron chi connectivity index (χ1n) is 7.82. The Balaban J connectivity index is 0.000000904. The SMILES string of the molecule is CCI.CS(C)=O.NCCNc1nonc1C(=Nc1ccc(F)c(Br)c1)NO. The van der Waals surface area contributed by atoms with E-state index >= 15 is 0 Å². The fourth-order valence-electron chi connectivity index (χ4n) is 1.47. The van der Waals surface area contributed by atoms with Gasteiger partial charge in [-0.2, -0.15) is 0 Å². The zero-order chi connectivity index (χ0) is 21.5. The summed E-state index contributed by atoms with van der Waals surface area (Å²) in [5, 5.41) is 19.4. The highest BCUT2D eigenvalue weighted by molar-refractivity contribution is 14.1. The number of halogens is 3. The molecule has 5 N–H and O–H groups in total. The summed E-state index contributed by atoms with van der Waals surface area (Å²) in [6.07, 6.45) is 3.28. The number of hydrogen-bond acceptors (Lipinski definition) is 8. The van der Waals surface area contributed by atoms with Crippen molar-refractivity contribution in [1.29, 1.82) is 0 Å². The zero-order valence-electron chi connectivity index (χ0n) is 15.6. The van der Waals surface area contributed by atoms with Gasteiger partial charge in [0.25, 0.3) is 0 Å². The van der Waals surface area contributed by atoms with Gasteiger partial charge < -0.3 is 11.1 Å². The van der Waals surface area contributed by atoms with E-state index in [1.807, 2.05) is 5.48 Å². The molecule has 158 valence electrons. The van der Waals surface area contributed by atoms with Gasteiger partial charge in [0.1, 0.15) is 5.82 Å². The van der Waals surface area contributed by atoms with Crippen LogP contribution in [0.2, 0.25) is 0 Å². The molecule has 1 aromatic carbocycles. The smallest absolute Gasteiger partial charge is 0.202 e. The normalized spacial score (nSPS) is 10.5. The number of nitrogens with zero attached hydrogens (tertiary/aromatic N) is 3. The average molecular weight is 593 g/mol. The average Bonchev–Trinajstić information content (AvgIpc) is 3.09. The van der Waals surface area contributed by atoms with E-state index < -0.39 is 16.6 Å². The molecule has 0 saturated heterocycles. The fourth-order valence-corrected chi connectivity index (χ4v) is 1.83. The molecule has 0 fully saturated rings. The Morgan fingerprint density at radius 1 is 1.46 bits per heavy atom. The summed E-state index contributed by atoms with van der Waals surface area (Å²) in [5.74, 6) is -0.142. The number of aliphatic imine (C=N–C) groups is 1. The van der Waals surface area contributed by atoms with Crippen molar-refractivity contribution in [3.05, 3.63) is 34.2 Å². The number of amidine groups is 1. The van der Waals surface area contributed by atoms with Crippen molar-refractivity contribution in [2.24, 2.45) is 10.7 Å². The lowest BCUT2D eigenvalue weighted by molar-refractivity contribution is 0.234. The summed E-state index contributed by atoms with van der Waals surface area (Å²) in [7, 11) is -0.611. The highest BCUT2D eigenvalue weighted by atomic mass is 127. The molecule has 0 spiro atoms. The number of benzene rings is 1. The number of alkyl halides is 1. The van der Waals surface area contributed by atoms with E-state index in [1.54, 1.807) is 12.5 Å². The third kappa shape index (κ3) is 11.0. The van der Waals surface area contributed by atoms with Crippen molar-refractivity contribution >= 4 is 66.7 Å². The second-order valence-corrected chi connectivity index (χ2v) is 8.72. The Bertz CT molecular complexity index is 761. The number of nitrogens with one attached hydrogen (secondary N) is 2. The molecule has 0 radical (unpaired) electrons. The minimum Gasteiger partial charge on any atom is -0.364 e. The van der Waals surface area contributed by atoms with Gasteiger partial charge in [0.15, 0.2) is 11.5 Å². The van der Waals surface area contributed by atoms with Crippen LogP contribution in [0.15, 0.2) is 32.3 Å². The molecule has 2 rings (SSSR count). The summed E-state index contributed by atoms with van der Waals surface area (Å²) in [5.41, 5.74) is 7.86. The van der Waals surface area contributed by atoms with Crippen LogP contribution < -0.4 is 16.5 Å². The zero-order valence-corrected chi connectivity index (χ0v) is 20.1. The van der Waals surface area contributed by atoms with Gasteiger partial charge in [0.05, 0.1) is 10.2 Å². The van der Waals surface area contributed by atoms with Gasteiger partial charge in [-0.3, -0.25) is 14.9 Å². The molecule has 0 saturated carbocycles. The van der Waals surface area contributed by atoms with Crippen LogP contribution in [0, 0.1) is 5.82 Å². The van der Waals surface area contributed by atoms with E-state index in [1.165, 1.54) is 22.6 Å². The Morgan fingerprint density at radius 3 is 2.57 bits per heavy atom. The number of rotatable bonds is 5. The molecule has 13 heteroatoms. The second-order valence-electron chi connectivity index (χ2n) is 4.86. The molecular formula is C15H23BrFIN6O3S. The maximum absolute atomic E-state index is 13.2. The Labute approximate surface area is 187 Å². The van der Waals surface area contributed by atoms with Gasteiger partial charge in [-0.15, -0.1) is 0 Å². The van der Waals surface area contributed by atoms with Crippen LogP contribution in [-0.4, -0.2) is 55.6 Å². The van der Waals surface area contributed by atoms with E-state index in [0.29, 0.717) is 18.8 Å². The van der Waals surface area contributed by atoms with E-state index in [0.717, 1.165) is 0 Å². The fraction of sp³-hybridized carbons (Fsp3) is 0.400. The van der Waals surface area contributed by atoms with Crippen molar-refractivity contribution in [3.8, 4) is 0 Å². The van der Waals surface area contributed by atoms with Gasteiger partial charge in [-0.1, -0.05) is 29.5 Å². The highest BCUT2D eigenvalue weighted by Crippen LogP contribution is 2.23. The molecule has 0 aliphatic carbocycles. The minimum atomic E-state index is -0.611. The predicted octanol–water partition coefficient (Wildman–Crippen LogP) is 2.83. The molecule has 0 aliphatic rings. The first kappa shape index (κ1) is 26.8. The standard InChI is InChI=1S/C11H12BrFN6O2.C2H5I.C2H6OS/c12-7-5-6(1-2-8(7)13)16-11(17-20)9-10(15-4-3-14)19-21-18-9;1-2-3;1-4(2)3/h1-2,5,20H,3-4,14H2,(H,15,19)(H,16,17);2H2,1H3;1-2H3. The van der Waals surface area contributed by atoms with Crippen LogP contribution in [0.25, 0.3) is 0 Å². The summed E-state index contributed by atoms with van der Waals surface area (Å²) >= 11 is 5.34. The molecule has 0 amide bonds. The van der Waals surface area contributed by atoms with Crippen molar-refractivity contribution in [2.45, 2.75) is 6.92 Å². The van der Waals surface area contributed by atoms with Crippen molar-refractivity contribution in [1.82, 2.24) is 15.8 Å². The van der Waals surface area contributed by atoms with E-state index in [9.17, 15) is 13.8 Å². The molecule has 9 nitrogen and oxygen atoms in total. The van der Waals surface area contributed by atoms with Gasteiger partial charge in [0, 0.05) is 36.4 Å². The van der Waals surface area contributed by atoms with Crippen LogP contribution >= 0.6 is 38.5 Å². The Hall–Kier alpha value is -1.16. The topological polar surface area (TPSA) is 139 Å². The third-order valence-corrected chi connectivity index (χ3v) is 3.01. The van der Waals surface area contributed by atoms with Gasteiger partial charge in [0.2, 0.25) is 5.82 Å². The number of hydroxylamine groups is 1. The van der Waals surface area contributed by atoms with Crippen molar-refractivity contribution < 1.29 is 18.4 Å². The monoisotopic (exact) mass is 592 g/mol. The molecule has 2 aromatic rings. The summed E-state index contributed by atoms with van der Waals surface area (Å²) < 4.78 is 28.8. The minimum absolute atomic E-state index is 0.00530. The molecule has 0 atom stereocenters. The Kier molecular flexibility index (Phi) is 15.1. The van der Waals surface area contributed by atoms with Crippen molar-refractivity contribution in [3.63, 3.8) is 0 Å².